The van der Waals surface area contributed by atoms with E-state index >= 15 is 0 Å². The predicted octanol–water partition coefficient (Wildman–Crippen LogP) is -0.262. The molecule has 2 N–H and O–H groups in total. The van der Waals surface area contributed by atoms with Crippen LogP contribution < -0.4 is 5.32 Å². The van der Waals surface area contributed by atoms with Gasteiger partial charge in [-0.1, -0.05) is 13.8 Å². The van der Waals surface area contributed by atoms with Gasteiger partial charge < -0.3 is 25.0 Å². The Labute approximate surface area is 129 Å². The Morgan fingerprint density at radius 1 is 1.27 bits per heavy atom. The van der Waals surface area contributed by atoms with Gasteiger partial charge >= 0.3 is 6.09 Å². The Bertz CT molecular complexity index is 448. The molecule has 2 aliphatic rings. The average Bonchev–Trinajstić information content (AvgIpc) is 2.81. The van der Waals surface area contributed by atoms with Crippen LogP contribution in [0.5, 0.6) is 0 Å². The molecule has 0 spiro atoms. The highest BCUT2D eigenvalue weighted by Crippen LogP contribution is 2.22. The Hall–Kier alpha value is -1.83. The molecule has 0 bridgehead atoms. The molecule has 22 heavy (non-hydrogen) atoms. The third-order valence-electron chi connectivity index (χ3n) is 4.08. The molecule has 2 atom stereocenters. The summed E-state index contributed by atoms with van der Waals surface area (Å²) in [4.78, 5) is 39.1. The smallest absolute Gasteiger partial charge is 0.405 e. The van der Waals surface area contributed by atoms with E-state index in [9.17, 15) is 14.4 Å². The SMILES string of the molecule is CC(C)[C@@H](C(=O)N1CCOCC1)N1CC[C@H](NC(=O)O)C1=O. The van der Waals surface area contributed by atoms with E-state index in [1.165, 1.54) is 4.90 Å². The van der Waals surface area contributed by atoms with E-state index in [4.69, 9.17) is 9.84 Å². The Morgan fingerprint density at radius 2 is 1.91 bits per heavy atom. The molecule has 2 aliphatic heterocycles. The van der Waals surface area contributed by atoms with Crippen molar-refractivity contribution in [1.82, 2.24) is 15.1 Å². The minimum atomic E-state index is -1.22. The molecule has 0 unspecified atom stereocenters. The summed E-state index contributed by atoms with van der Waals surface area (Å²) >= 11 is 0. The zero-order chi connectivity index (χ0) is 16.3. The largest absolute Gasteiger partial charge is 0.465 e. The number of carbonyl (C=O) groups is 3. The third kappa shape index (κ3) is 3.49. The molecule has 0 aromatic carbocycles. The lowest BCUT2D eigenvalue weighted by atomic mass is 10.0. The quantitative estimate of drug-likeness (QED) is 0.745. The summed E-state index contributed by atoms with van der Waals surface area (Å²) in [5.41, 5.74) is 0. The van der Waals surface area contributed by atoms with Crippen LogP contribution in [0.1, 0.15) is 20.3 Å². The van der Waals surface area contributed by atoms with Gasteiger partial charge in [-0.3, -0.25) is 9.59 Å². The minimum Gasteiger partial charge on any atom is -0.465 e. The summed E-state index contributed by atoms with van der Waals surface area (Å²) in [7, 11) is 0. The summed E-state index contributed by atoms with van der Waals surface area (Å²) in [6.07, 6.45) is -0.828. The van der Waals surface area contributed by atoms with Crippen molar-refractivity contribution in [2.75, 3.05) is 32.8 Å². The van der Waals surface area contributed by atoms with Gasteiger partial charge in [0.1, 0.15) is 12.1 Å². The lowest BCUT2D eigenvalue weighted by Crippen LogP contribution is -2.55. The fourth-order valence-corrected chi connectivity index (χ4v) is 3.01. The number of nitrogens with one attached hydrogen (secondary N) is 1. The first-order valence-electron chi connectivity index (χ1n) is 7.58. The standard InChI is InChI=1S/C14H23N3O5/c1-9(2)11(13(19)16-5-7-22-8-6-16)17-4-3-10(12(17)18)15-14(20)21/h9-11,15H,3-8H2,1-2H3,(H,20,21)/t10-,11-/m0/s1. The molecule has 8 heteroatoms. The fourth-order valence-electron chi connectivity index (χ4n) is 3.01. The lowest BCUT2D eigenvalue weighted by molar-refractivity contribution is -0.148. The van der Waals surface area contributed by atoms with Crippen LogP contribution in [0.15, 0.2) is 0 Å². The first-order valence-corrected chi connectivity index (χ1v) is 7.58. The van der Waals surface area contributed by atoms with E-state index in [2.05, 4.69) is 5.32 Å². The molecule has 2 fully saturated rings. The van der Waals surface area contributed by atoms with E-state index in [0.717, 1.165) is 0 Å². The van der Waals surface area contributed by atoms with Crippen LogP contribution in [0.4, 0.5) is 4.79 Å². The number of likely N-dealkylation sites (tertiary alicyclic amines) is 1. The molecular formula is C14H23N3O5. The van der Waals surface area contributed by atoms with Gasteiger partial charge in [-0.25, -0.2) is 4.79 Å². The number of hydrogen-bond donors (Lipinski definition) is 2. The molecule has 0 aromatic heterocycles. The molecule has 2 heterocycles. The van der Waals surface area contributed by atoms with Gasteiger partial charge in [0.15, 0.2) is 0 Å². The zero-order valence-electron chi connectivity index (χ0n) is 12.9. The topological polar surface area (TPSA) is 99.2 Å². The number of carbonyl (C=O) groups excluding carboxylic acids is 2. The van der Waals surface area contributed by atoms with E-state index in [-0.39, 0.29) is 17.7 Å². The van der Waals surface area contributed by atoms with Crippen LogP contribution in [0, 0.1) is 5.92 Å². The highest BCUT2D eigenvalue weighted by Gasteiger charge is 2.42. The number of morpholine rings is 1. The van der Waals surface area contributed by atoms with E-state index in [1.807, 2.05) is 13.8 Å². The van der Waals surface area contributed by atoms with Gasteiger partial charge in [0.25, 0.3) is 0 Å². The van der Waals surface area contributed by atoms with Gasteiger partial charge in [-0.15, -0.1) is 0 Å². The van der Waals surface area contributed by atoms with Crippen LogP contribution >= 0.6 is 0 Å². The molecule has 0 aromatic rings. The molecule has 0 radical (unpaired) electrons. The molecule has 2 saturated heterocycles. The Balaban J connectivity index is 2.09. The highest BCUT2D eigenvalue weighted by molar-refractivity contribution is 5.92. The fraction of sp³-hybridized carbons (Fsp3) is 0.786. The van der Waals surface area contributed by atoms with E-state index < -0.39 is 18.2 Å². The second kappa shape index (κ2) is 6.95. The van der Waals surface area contributed by atoms with E-state index in [0.29, 0.717) is 39.3 Å². The maximum absolute atomic E-state index is 12.7. The van der Waals surface area contributed by atoms with Gasteiger partial charge in [0, 0.05) is 19.6 Å². The predicted molar refractivity (Wildman–Crippen MR) is 77.3 cm³/mol. The molecule has 124 valence electrons. The summed E-state index contributed by atoms with van der Waals surface area (Å²) < 4.78 is 5.25. The van der Waals surface area contributed by atoms with Gasteiger partial charge in [-0.05, 0) is 12.3 Å². The number of carboxylic acid groups (broad SMARTS) is 1. The van der Waals surface area contributed by atoms with Gasteiger partial charge in [-0.2, -0.15) is 0 Å². The average molecular weight is 313 g/mol. The molecule has 8 nitrogen and oxygen atoms in total. The summed E-state index contributed by atoms with van der Waals surface area (Å²) in [5, 5.41) is 11.0. The summed E-state index contributed by atoms with van der Waals surface area (Å²) in [6, 6.07) is -1.30. The maximum atomic E-state index is 12.7. The second-order valence-electron chi connectivity index (χ2n) is 5.95. The Kier molecular flexibility index (Phi) is 5.23. The minimum absolute atomic E-state index is 0.0390. The third-order valence-corrected chi connectivity index (χ3v) is 4.08. The summed E-state index contributed by atoms with van der Waals surface area (Å²) in [5.74, 6) is -0.437. The first-order chi connectivity index (χ1) is 10.4. The van der Waals surface area contributed by atoms with E-state index in [1.54, 1.807) is 4.90 Å². The van der Waals surface area contributed by atoms with Crippen molar-refractivity contribution < 1.29 is 24.2 Å². The zero-order valence-corrected chi connectivity index (χ0v) is 12.9. The maximum Gasteiger partial charge on any atom is 0.405 e. The number of rotatable bonds is 4. The van der Waals surface area contributed by atoms with Crippen molar-refractivity contribution >= 4 is 17.9 Å². The van der Waals surface area contributed by atoms with Crippen LogP contribution in [0.25, 0.3) is 0 Å². The van der Waals surface area contributed by atoms with Crippen molar-refractivity contribution in [2.45, 2.75) is 32.4 Å². The van der Waals surface area contributed by atoms with Gasteiger partial charge in [0.2, 0.25) is 11.8 Å². The first kappa shape index (κ1) is 16.5. The monoisotopic (exact) mass is 313 g/mol. The van der Waals surface area contributed by atoms with Crippen molar-refractivity contribution in [1.29, 1.82) is 0 Å². The van der Waals surface area contributed by atoms with Crippen molar-refractivity contribution in [3.63, 3.8) is 0 Å². The van der Waals surface area contributed by atoms with Crippen molar-refractivity contribution in [3.8, 4) is 0 Å². The number of nitrogens with zero attached hydrogens (tertiary/aromatic N) is 2. The number of hydrogen-bond acceptors (Lipinski definition) is 4. The van der Waals surface area contributed by atoms with Crippen LogP contribution in [0.2, 0.25) is 0 Å². The molecule has 0 saturated carbocycles. The van der Waals surface area contributed by atoms with Crippen molar-refractivity contribution in [3.05, 3.63) is 0 Å². The van der Waals surface area contributed by atoms with Crippen LogP contribution in [-0.4, -0.2) is 77.7 Å². The normalized spacial score (nSPS) is 23.8. The number of amides is 3. The second-order valence-corrected chi connectivity index (χ2v) is 5.95. The highest BCUT2D eigenvalue weighted by atomic mass is 16.5. The van der Waals surface area contributed by atoms with Crippen LogP contribution in [0.3, 0.4) is 0 Å². The summed E-state index contributed by atoms with van der Waals surface area (Å²) in [6.45, 7) is 6.26. The van der Waals surface area contributed by atoms with Crippen LogP contribution in [-0.2, 0) is 14.3 Å². The number of ether oxygens (including phenoxy) is 1. The Morgan fingerprint density at radius 3 is 2.45 bits per heavy atom. The molecule has 0 aliphatic carbocycles. The molecule has 3 amide bonds. The van der Waals surface area contributed by atoms with Crippen molar-refractivity contribution in [2.24, 2.45) is 5.92 Å². The van der Waals surface area contributed by atoms with Gasteiger partial charge in [0.05, 0.1) is 13.2 Å². The molecular weight excluding hydrogens is 290 g/mol. The molecule has 2 rings (SSSR count). The lowest BCUT2D eigenvalue weighted by Gasteiger charge is -2.36.